The van der Waals surface area contributed by atoms with E-state index in [4.69, 9.17) is 4.74 Å². The lowest BCUT2D eigenvalue weighted by Crippen LogP contribution is -2.52. The van der Waals surface area contributed by atoms with Crippen LogP contribution in [0.3, 0.4) is 0 Å². The van der Waals surface area contributed by atoms with Crippen molar-refractivity contribution in [2.24, 2.45) is 5.92 Å². The van der Waals surface area contributed by atoms with E-state index in [1.807, 2.05) is 0 Å². The number of anilines is 1. The third-order valence-electron chi connectivity index (χ3n) is 7.65. The highest BCUT2D eigenvalue weighted by molar-refractivity contribution is 6.05. The quantitative estimate of drug-likeness (QED) is 0.293. The van der Waals surface area contributed by atoms with Crippen molar-refractivity contribution >= 4 is 17.6 Å². The zero-order valence-electron chi connectivity index (χ0n) is 21.7. The molecule has 2 aromatic rings. The molecule has 1 atom stereocenters. The monoisotopic (exact) mass is 572 g/mol. The molecule has 0 saturated heterocycles. The molecule has 3 aliphatic rings. The summed E-state index contributed by atoms with van der Waals surface area (Å²) in [7, 11) is 0. The lowest BCUT2D eigenvalue weighted by molar-refractivity contribution is -0.150. The molecule has 0 unspecified atom stereocenters. The fraction of sp³-hybridized carbons (Fsp3) is 0.593. The molecule has 40 heavy (non-hydrogen) atoms. The number of nitrogens with one attached hydrogen (secondary N) is 2. The van der Waals surface area contributed by atoms with Crippen molar-refractivity contribution in [3.8, 4) is 5.75 Å². The second kappa shape index (κ2) is 10.6. The van der Waals surface area contributed by atoms with E-state index < -0.39 is 42.5 Å². The Labute approximate surface area is 226 Å². The molecule has 1 aromatic carbocycles. The van der Waals surface area contributed by atoms with Crippen LogP contribution in [0.25, 0.3) is 0 Å². The molecule has 2 aliphatic carbocycles. The average molecular weight is 573 g/mol. The van der Waals surface area contributed by atoms with Gasteiger partial charge >= 0.3 is 12.4 Å². The maximum absolute atomic E-state index is 13.5. The molecular weight excluding hydrogens is 542 g/mol. The van der Waals surface area contributed by atoms with E-state index in [-0.39, 0.29) is 30.8 Å². The zero-order chi connectivity index (χ0) is 28.7. The van der Waals surface area contributed by atoms with E-state index in [2.05, 4.69) is 15.7 Å². The fourth-order valence-electron chi connectivity index (χ4n) is 5.67. The van der Waals surface area contributed by atoms with Gasteiger partial charge in [-0.2, -0.15) is 31.4 Å². The number of fused-ring (bicyclic) bond motifs is 3. The molecular formula is C27H30F6N4O3. The summed E-state index contributed by atoms with van der Waals surface area (Å²) in [5, 5.41) is 9.95. The molecule has 1 aromatic heterocycles. The lowest BCUT2D eigenvalue weighted by atomic mass is 9.72. The highest BCUT2D eigenvalue weighted by atomic mass is 19.4. The lowest BCUT2D eigenvalue weighted by Gasteiger charge is -2.42. The molecule has 2 amide bonds. The van der Waals surface area contributed by atoms with Crippen LogP contribution >= 0.6 is 0 Å². The van der Waals surface area contributed by atoms with Crippen LogP contribution in [0.15, 0.2) is 18.2 Å². The summed E-state index contributed by atoms with van der Waals surface area (Å²) in [5.41, 5.74) is 1.41. The Balaban J connectivity index is 1.39. The molecule has 2 heterocycles. The van der Waals surface area contributed by atoms with Gasteiger partial charge in [-0.25, -0.2) is 4.68 Å². The van der Waals surface area contributed by atoms with Crippen LogP contribution in [0.4, 0.5) is 32.2 Å². The van der Waals surface area contributed by atoms with Crippen LogP contribution in [-0.4, -0.2) is 40.6 Å². The third kappa shape index (κ3) is 6.55. The minimum atomic E-state index is -4.69. The van der Waals surface area contributed by atoms with E-state index in [0.717, 1.165) is 36.8 Å². The summed E-state index contributed by atoms with van der Waals surface area (Å²) in [6.07, 6.45) is -6.54. The Morgan fingerprint density at radius 3 is 2.65 bits per heavy atom. The zero-order valence-corrected chi connectivity index (χ0v) is 21.7. The molecule has 13 heteroatoms. The predicted molar refractivity (Wildman–Crippen MR) is 132 cm³/mol. The normalized spacial score (nSPS) is 20.6. The summed E-state index contributed by atoms with van der Waals surface area (Å²) >= 11 is 0. The second-order valence-electron chi connectivity index (χ2n) is 10.9. The topological polar surface area (TPSA) is 85.2 Å². The number of aromatic nitrogens is 2. The number of carbonyl (C=O) groups excluding carboxylic acids is 2. The highest BCUT2D eigenvalue weighted by Crippen LogP contribution is 2.43. The number of hydrogen-bond acceptors (Lipinski definition) is 4. The van der Waals surface area contributed by atoms with Gasteiger partial charge in [-0.05, 0) is 61.3 Å². The van der Waals surface area contributed by atoms with Crippen LogP contribution in [0.2, 0.25) is 0 Å². The first-order valence-corrected chi connectivity index (χ1v) is 13.4. The number of rotatable bonds is 9. The van der Waals surface area contributed by atoms with Gasteiger partial charge in [0.1, 0.15) is 23.6 Å². The van der Waals surface area contributed by atoms with Gasteiger partial charge in [0.25, 0.3) is 5.91 Å². The minimum absolute atomic E-state index is 0.0177. The first-order valence-electron chi connectivity index (χ1n) is 13.4. The molecule has 1 saturated carbocycles. The maximum Gasteiger partial charge on any atom is 0.397 e. The molecule has 1 fully saturated rings. The summed E-state index contributed by atoms with van der Waals surface area (Å²) in [6, 6.07) is 5.25. The van der Waals surface area contributed by atoms with Gasteiger partial charge in [-0.15, -0.1) is 0 Å². The number of hydrogen-bond donors (Lipinski definition) is 2. The summed E-state index contributed by atoms with van der Waals surface area (Å²) < 4.78 is 82.8. The average Bonchev–Trinajstić information content (AvgIpc) is 3.60. The third-order valence-corrected chi connectivity index (χ3v) is 7.65. The standard InChI is InChI=1S/C27H30F6N4O3/c28-26(29,30)10-2-12-40-18-6-7-19-17(13-18)3-1-9-25(19)14-20-22(24(39)35-25)23(34-21(38)15-27(31,32)33)37(36-20)11-8-16-4-5-16/h6-7,13,16H,1-5,8-12,14-15H2,(H,34,38)(H,35,39)/t25-/m0/s1. The van der Waals surface area contributed by atoms with E-state index in [9.17, 15) is 35.9 Å². The molecule has 2 N–H and O–H groups in total. The van der Waals surface area contributed by atoms with Crippen LogP contribution < -0.4 is 15.4 Å². The Morgan fingerprint density at radius 2 is 1.95 bits per heavy atom. The van der Waals surface area contributed by atoms with Gasteiger partial charge in [0.15, 0.2) is 0 Å². The van der Waals surface area contributed by atoms with Gasteiger partial charge in [0.05, 0.1) is 17.8 Å². The van der Waals surface area contributed by atoms with E-state index >= 15 is 0 Å². The van der Waals surface area contributed by atoms with Gasteiger partial charge < -0.3 is 15.4 Å². The van der Waals surface area contributed by atoms with Crippen molar-refractivity contribution in [1.82, 2.24) is 15.1 Å². The molecule has 1 aliphatic heterocycles. The Hall–Kier alpha value is -3.25. The van der Waals surface area contributed by atoms with Crippen LogP contribution in [-0.2, 0) is 29.7 Å². The molecule has 0 radical (unpaired) electrons. The fourth-order valence-corrected chi connectivity index (χ4v) is 5.67. The van der Waals surface area contributed by atoms with Gasteiger partial charge in [0.2, 0.25) is 5.91 Å². The van der Waals surface area contributed by atoms with E-state index in [0.29, 0.717) is 36.7 Å². The van der Waals surface area contributed by atoms with Gasteiger partial charge in [-0.1, -0.05) is 18.9 Å². The minimum Gasteiger partial charge on any atom is -0.494 e. The molecule has 7 nitrogen and oxygen atoms in total. The van der Waals surface area contributed by atoms with Crippen LogP contribution in [0.1, 0.15) is 78.5 Å². The maximum atomic E-state index is 13.5. The van der Waals surface area contributed by atoms with Gasteiger partial charge in [0, 0.05) is 19.4 Å². The number of ether oxygens (including phenoxy) is 1. The van der Waals surface area contributed by atoms with Crippen LogP contribution in [0.5, 0.6) is 5.75 Å². The molecule has 5 rings (SSSR count). The summed E-state index contributed by atoms with van der Waals surface area (Å²) in [6.45, 7) is 0.288. The Kier molecular flexibility index (Phi) is 7.51. The molecule has 0 bridgehead atoms. The van der Waals surface area contributed by atoms with E-state index in [1.165, 1.54) is 4.68 Å². The first-order chi connectivity index (χ1) is 18.8. The molecule has 1 spiro atoms. The number of nitrogens with zero attached hydrogens (tertiary/aromatic N) is 2. The van der Waals surface area contributed by atoms with Crippen molar-refractivity contribution in [1.29, 1.82) is 0 Å². The number of benzene rings is 1. The van der Waals surface area contributed by atoms with Crippen molar-refractivity contribution in [2.75, 3.05) is 11.9 Å². The van der Waals surface area contributed by atoms with Crippen molar-refractivity contribution in [2.45, 2.75) is 88.6 Å². The number of aryl methyl sites for hydroxylation is 2. The predicted octanol–water partition coefficient (Wildman–Crippen LogP) is 5.81. The summed E-state index contributed by atoms with van der Waals surface area (Å²) in [4.78, 5) is 25.7. The number of carbonyl (C=O) groups is 2. The van der Waals surface area contributed by atoms with E-state index in [1.54, 1.807) is 18.2 Å². The first kappa shape index (κ1) is 28.3. The summed E-state index contributed by atoms with van der Waals surface area (Å²) in [5.74, 6) is -0.866. The number of amides is 2. The number of alkyl halides is 6. The largest absolute Gasteiger partial charge is 0.494 e. The SMILES string of the molecule is O=C(CC(F)(F)F)Nc1c2c(nn1CCC1CC1)C[C@]1(CCCc3cc(OCCCC(F)(F)F)ccc31)NC2=O. The Morgan fingerprint density at radius 1 is 1.18 bits per heavy atom. The number of halogens is 6. The van der Waals surface area contributed by atoms with Crippen molar-refractivity contribution in [3.63, 3.8) is 0 Å². The molecule has 218 valence electrons. The second-order valence-corrected chi connectivity index (χ2v) is 10.9. The van der Waals surface area contributed by atoms with Crippen molar-refractivity contribution in [3.05, 3.63) is 40.6 Å². The van der Waals surface area contributed by atoms with Crippen molar-refractivity contribution < 1.29 is 40.7 Å². The smallest absolute Gasteiger partial charge is 0.397 e. The Bertz CT molecular complexity index is 1280. The highest BCUT2D eigenvalue weighted by Gasteiger charge is 2.45. The van der Waals surface area contributed by atoms with Crippen LogP contribution in [0, 0.1) is 5.92 Å². The van der Waals surface area contributed by atoms with Gasteiger partial charge in [-0.3, -0.25) is 9.59 Å².